The molecule has 1 aromatic rings. The first kappa shape index (κ1) is 7.80. The van der Waals surface area contributed by atoms with Gasteiger partial charge in [-0.15, -0.1) is 11.3 Å². The summed E-state index contributed by atoms with van der Waals surface area (Å²) in [7, 11) is 0. The molecule has 1 aromatic heterocycles. The first-order valence-electron chi connectivity index (χ1n) is 3.86. The van der Waals surface area contributed by atoms with E-state index in [2.05, 4.69) is 26.8 Å². The summed E-state index contributed by atoms with van der Waals surface area (Å²) in [6, 6.07) is 2.33. The van der Waals surface area contributed by atoms with E-state index in [9.17, 15) is 0 Å². The molecule has 0 bridgehead atoms. The quantitative estimate of drug-likeness (QED) is 0.613. The Morgan fingerprint density at radius 3 is 2.30 bits per heavy atom. The van der Waals surface area contributed by atoms with Crippen molar-refractivity contribution in [2.24, 2.45) is 0 Å². The Bertz CT molecular complexity index is 211. The molecule has 0 aliphatic heterocycles. The Kier molecular flexibility index (Phi) is 2.50. The van der Waals surface area contributed by atoms with Crippen LogP contribution in [0.5, 0.6) is 0 Å². The summed E-state index contributed by atoms with van der Waals surface area (Å²) in [5.74, 6) is 0. The molecule has 56 valence electrons. The molecule has 0 spiro atoms. The molecule has 0 saturated heterocycles. The Morgan fingerprint density at radius 2 is 2.00 bits per heavy atom. The van der Waals surface area contributed by atoms with Gasteiger partial charge in [0.25, 0.3) is 0 Å². The lowest BCUT2D eigenvalue weighted by atomic mass is 10.2. The van der Waals surface area contributed by atoms with Crippen molar-refractivity contribution in [3.63, 3.8) is 0 Å². The monoisotopic (exact) mass is 154 g/mol. The maximum atomic E-state index is 2.33. The smallest absolute Gasteiger partial charge is 0.00490 e. The van der Waals surface area contributed by atoms with Crippen LogP contribution in [-0.4, -0.2) is 0 Å². The van der Waals surface area contributed by atoms with E-state index in [0.29, 0.717) is 0 Å². The fourth-order valence-corrected chi connectivity index (χ4v) is 2.19. The van der Waals surface area contributed by atoms with Crippen LogP contribution >= 0.6 is 11.3 Å². The van der Waals surface area contributed by atoms with Gasteiger partial charge in [-0.05, 0) is 31.4 Å². The third-order valence-corrected chi connectivity index (χ3v) is 3.04. The van der Waals surface area contributed by atoms with Gasteiger partial charge < -0.3 is 0 Å². The van der Waals surface area contributed by atoms with Crippen molar-refractivity contribution in [1.82, 2.24) is 0 Å². The van der Waals surface area contributed by atoms with E-state index in [0.717, 1.165) is 0 Å². The van der Waals surface area contributed by atoms with E-state index >= 15 is 0 Å². The minimum Gasteiger partial charge on any atom is -0.145 e. The molecule has 0 aliphatic carbocycles. The summed E-state index contributed by atoms with van der Waals surface area (Å²) in [5.41, 5.74) is 1.53. The Morgan fingerprint density at radius 1 is 1.30 bits per heavy atom. The molecule has 0 nitrogen and oxygen atoms in total. The normalized spacial score (nSPS) is 10.3. The lowest BCUT2D eigenvalue weighted by Gasteiger charge is -1.87. The van der Waals surface area contributed by atoms with Crippen molar-refractivity contribution >= 4 is 11.3 Å². The van der Waals surface area contributed by atoms with Crippen molar-refractivity contribution in [3.8, 4) is 0 Å². The van der Waals surface area contributed by atoms with E-state index in [1.165, 1.54) is 28.2 Å². The zero-order valence-corrected chi connectivity index (χ0v) is 7.72. The number of aryl methyl sites for hydroxylation is 3. The highest BCUT2D eigenvalue weighted by Gasteiger charge is 2.00. The number of thiophene rings is 1. The fraction of sp³-hybridized carbons (Fsp3) is 0.556. The molecular formula is C9H14S. The van der Waals surface area contributed by atoms with Gasteiger partial charge in [0.05, 0.1) is 0 Å². The standard InChI is InChI=1S/C9H14S/c1-4-8-6-9(5-2)10-7(8)3/h6H,4-5H2,1-3H3. The number of hydrogen-bond donors (Lipinski definition) is 0. The molecule has 0 atom stereocenters. The molecule has 1 heterocycles. The molecule has 0 radical (unpaired) electrons. The van der Waals surface area contributed by atoms with Crippen molar-refractivity contribution in [2.45, 2.75) is 33.6 Å². The summed E-state index contributed by atoms with van der Waals surface area (Å²) < 4.78 is 0. The molecule has 1 rings (SSSR count). The van der Waals surface area contributed by atoms with Crippen molar-refractivity contribution in [1.29, 1.82) is 0 Å². The zero-order valence-electron chi connectivity index (χ0n) is 6.90. The molecule has 0 aromatic carbocycles. The van der Waals surface area contributed by atoms with Crippen molar-refractivity contribution < 1.29 is 0 Å². The van der Waals surface area contributed by atoms with Crippen LogP contribution in [0, 0.1) is 6.92 Å². The Balaban J connectivity index is 2.92. The van der Waals surface area contributed by atoms with Crippen LogP contribution < -0.4 is 0 Å². The largest absolute Gasteiger partial charge is 0.145 e. The molecule has 0 amide bonds. The molecule has 0 unspecified atom stereocenters. The van der Waals surface area contributed by atoms with E-state index < -0.39 is 0 Å². The molecule has 0 aliphatic rings. The van der Waals surface area contributed by atoms with Gasteiger partial charge in [0, 0.05) is 9.75 Å². The Hall–Kier alpha value is -0.300. The molecule has 0 N–H and O–H groups in total. The molecule has 1 heteroatoms. The molecule has 0 saturated carbocycles. The Labute approximate surface area is 66.9 Å². The van der Waals surface area contributed by atoms with Crippen LogP contribution in [0.3, 0.4) is 0 Å². The van der Waals surface area contributed by atoms with Gasteiger partial charge in [-0.1, -0.05) is 13.8 Å². The predicted octanol–water partition coefficient (Wildman–Crippen LogP) is 3.18. The van der Waals surface area contributed by atoms with Gasteiger partial charge in [0.1, 0.15) is 0 Å². The van der Waals surface area contributed by atoms with Crippen LogP contribution in [0.25, 0.3) is 0 Å². The van der Waals surface area contributed by atoms with Gasteiger partial charge in [-0.2, -0.15) is 0 Å². The van der Waals surface area contributed by atoms with Gasteiger partial charge in [-0.3, -0.25) is 0 Å². The molecule has 0 fully saturated rings. The summed E-state index contributed by atoms with van der Waals surface area (Å²) in [4.78, 5) is 3.02. The number of rotatable bonds is 2. The topological polar surface area (TPSA) is 0 Å². The second-order valence-electron chi connectivity index (χ2n) is 2.50. The average molecular weight is 154 g/mol. The van der Waals surface area contributed by atoms with E-state index in [-0.39, 0.29) is 0 Å². The highest BCUT2D eigenvalue weighted by molar-refractivity contribution is 7.12. The second kappa shape index (κ2) is 3.20. The minimum atomic E-state index is 1.18. The second-order valence-corrected chi connectivity index (χ2v) is 3.84. The summed E-state index contributed by atoms with van der Waals surface area (Å²) in [6.45, 7) is 6.64. The third kappa shape index (κ3) is 1.40. The first-order valence-corrected chi connectivity index (χ1v) is 4.67. The first-order chi connectivity index (χ1) is 4.77. The van der Waals surface area contributed by atoms with Gasteiger partial charge in [0.2, 0.25) is 0 Å². The average Bonchev–Trinajstić information content (AvgIpc) is 2.30. The van der Waals surface area contributed by atoms with Crippen LogP contribution in [0.1, 0.15) is 29.2 Å². The van der Waals surface area contributed by atoms with Crippen molar-refractivity contribution in [3.05, 3.63) is 21.4 Å². The molecule has 10 heavy (non-hydrogen) atoms. The van der Waals surface area contributed by atoms with Gasteiger partial charge in [-0.25, -0.2) is 0 Å². The highest BCUT2D eigenvalue weighted by Crippen LogP contribution is 2.21. The lowest BCUT2D eigenvalue weighted by molar-refractivity contribution is 1.12. The van der Waals surface area contributed by atoms with Crippen molar-refractivity contribution in [2.75, 3.05) is 0 Å². The zero-order chi connectivity index (χ0) is 7.56. The predicted molar refractivity (Wildman–Crippen MR) is 47.8 cm³/mol. The SMILES string of the molecule is CCc1cc(CC)c(C)s1. The van der Waals surface area contributed by atoms with E-state index in [1.54, 1.807) is 0 Å². The van der Waals surface area contributed by atoms with Crippen LogP contribution in [0.15, 0.2) is 6.07 Å². The minimum absolute atomic E-state index is 1.18. The van der Waals surface area contributed by atoms with Crippen LogP contribution in [0.4, 0.5) is 0 Å². The van der Waals surface area contributed by atoms with E-state index in [1.807, 2.05) is 11.3 Å². The third-order valence-electron chi connectivity index (χ3n) is 1.80. The van der Waals surface area contributed by atoms with Gasteiger partial charge in [0.15, 0.2) is 0 Å². The summed E-state index contributed by atoms with van der Waals surface area (Å²) >= 11 is 1.94. The molecular weight excluding hydrogens is 140 g/mol. The highest BCUT2D eigenvalue weighted by atomic mass is 32.1. The van der Waals surface area contributed by atoms with Crippen LogP contribution in [0.2, 0.25) is 0 Å². The summed E-state index contributed by atoms with van der Waals surface area (Å²) in [5, 5.41) is 0. The van der Waals surface area contributed by atoms with Crippen LogP contribution in [-0.2, 0) is 12.8 Å². The summed E-state index contributed by atoms with van der Waals surface area (Å²) in [6.07, 6.45) is 2.37. The maximum absolute atomic E-state index is 2.33. The van der Waals surface area contributed by atoms with Gasteiger partial charge >= 0.3 is 0 Å². The van der Waals surface area contributed by atoms with E-state index in [4.69, 9.17) is 0 Å². The number of hydrogen-bond acceptors (Lipinski definition) is 1. The maximum Gasteiger partial charge on any atom is 0.00490 e. The fourth-order valence-electron chi connectivity index (χ4n) is 1.11. The lowest BCUT2D eigenvalue weighted by Crippen LogP contribution is -1.75.